The third-order valence-electron chi connectivity index (χ3n) is 0.480. The molecular weight excluding hydrogens is 104 g/mol. The molecular formula is C6H7O2. The molecule has 0 heterocycles. The minimum atomic E-state index is -0.523. The maximum Gasteiger partial charge on any atom is 0.331 e. The quantitative estimate of drug-likeness (QED) is 0.304. The number of carbonyl (C=O) groups excluding carboxylic acids is 1. The van der Waals surface area contributed by atoms with Crippen molar-refractivity contribution < 1.29 is 9.53 Å². The second kappa shape index (κ2) is 4.12. The Morgan fingerprint density at radius 3 is 2.88 bits per heavy atom. The molecule has 0 aromatic heterocycles. The van der Waals surface area contributed by atoms with Crippen molar-refractivity contribution in [1.29, 1.82) is 0 Å². The maximum absolute atomic E-state index is 10.1. The number of rotatable bonds is 3. The van der Waals surface area contributed by atoms with Crippen LogP contribution >= 0.6 is 0 Å². The van der Waals surface area contributed by atoms with E-state index in [-0.39, 0.29) is 6.61 Å². The normalized spacial score (nSPS) is 7.50. The molecule has 0 aromatic rings. The van der Waals surface area contributed by atoms with Gasteiger partial charge in [0.2, 0.25) is 0 Å². The first-order chi connectivity index (χ1) is 3.81. The van der Waals surface area contributed by atoms with Gasteiger partial charge in [0.1, 0.15) is 6.61 Å². The van der Waals surface area contributed by atoms with Crippen LogP contribution in [0.4, 0.5) is 0 Å². The Hall–Kier alpha value is -1.05. The van der Waals surface area contributed by atoms with Crippen molar-refractivity contribution in [2.45, 2.75) is 0 Å². The van der Waals surface area contributed by atoms with Crippen molar-refractivity contribution in [3.05, 3.63) is 25.3 Å². The van der Waals surface area contributed by atoms with Crippen molar-refractivity contribution in [2.24, 2.45) is 0 Å². The van der Waals surface area contributed by atoms with Crippen LogP contribution in [0, 0.1) is 6.58 Å². The van der Waals surface area contributed by atoms with Gasteiger partial charge in [-0.2, -0.15) is 0 Å². The number of ether oxygens (including phenoxy) is 1. The fourth-order valence-corrected chi connectivity index (χ4v) is 0.189. The van der Waals surface area contributed by atoms with Gasteiger partial charge in [-0.3, -0.25) is 0 Å². The van der Waals surface area contributed by atoms with Crippen LogP contribution in [-0.2, 0) is 9.53 Å². The molecule has 8 heavy (non-hydrogen) atoms. The van der Waals surface area contributed by atoms with Crippen molar-refractivity contribution in [1.82, 2.24) is 0 Å². The SMILES string of the molecule is [CH]=CC(=O)OCC=C. The molecule has 0 amide bonds. The topological polar surface area (TPSA) is 26.3 Å². The van der Waals surface area contributed by atoms with Gasteiger partial charge in [-0.1, -0.05) is 19.2 Å². The molecule has 0 aliphatic carbocycles. The Morgan fingerprint density at radius 2 is 2.50 bits per heavy atom. The monoisotopic (exact) mass is 111 g/mol. The molecule has 1 radical (unpaired) electrons. The molecule has 0 saturated carbocycles. The fraction of sp³-hybridized carbons (Fsp3) is 0.167. The summed E-state index contributed by atoms with van der Waals surface area (Å²) in [6.45, 7) is 8.33. The molecule has 43 valence electrons. The summed E-state index contributed by atoms with van der Waals surface area (Å²) in [4.78, 5) is 10.1. The first-order valence-electron chi connectivity index (χ1n) is 2.14. The molecule has 0 saturated heterocycles. The molecule has 2 heteroatoms. The lowest BCUT2D eigenvalue weighted by Crippen LogP contribution is -1.98. The van der Waals surface area contributed by atoms with Crippen LogP contribution in [0.1, 0.15) is 0 Å². The van der Waals surface area contributed by atoms with E-state index in [2.05, 4.69) is 11.3 Å². The summed E-state index contributed by atoms with van der Waals surface area (Å²) < 4.78 is 4.40. The first kappa shape index (κ1) is 6.95. The van der Waals surface area contributed by atoms with Crippen LogP contribution in [0.25, 0.3) is 0 Å². The summed E-state index contributed by atoms with van der Waals surface area (Å²) in [5.41, 5.74) is 0. The molecule has 0 aliphatic rings. The lowest BCUT2D eigenvalue weighted by Gasteiger charge is -1.92. The molecule has 0 fully saturated rings. The van der Waals surface area contributed by atoms with Gasteiger partial charge in [0.25, 0.3) is 0 Å². The number of esters is 1. The maximum atomic E-state index is 10.1. The third kappa shape index (κ3) is 3.15. The summed E-state index contributed by atoms with van der Waals surface area (Å²) in [7, 11) is 0. The van der Waals surface area contributed by atoms with E-state index < -0.39 is 5.97 Å². The molecule has 0 rings (SSSR count). The minimum absolute atomic E-state index is 0.215. The van der Waals surface area contributed by atoms with Gasteiger partial charge in [0.05, 0.1) is 0 Å². The number of hydrogen-bond acceptors (Lipinski definition) is 2. The molecule has 0 atom stereocenters. The fourth-order valence-electron chi connectivity index (χ4n) is 0.189. The molecule has 0 aliphatic heterocycles. The van der Waals surface area contributed by atoms with Gasteiger partial charge in [-0.15, -0.1) is 0 Å². The zero-order valence-electron chi connectivity index (χ0n) is 4.46. The number of hydrogen-bond donors (Lipinski definition) is 0. The van der Waals surface area contributed by atoms with Gasteiger partial charge < -0.3 is 4.74 Å². The molecule has 0 aromatic carbocycles. The third-order valence-corrected chi connectivity index (χ3v) is 0.480. The highest BCUT2D eigenvalue weighted by Gasteiger charge is 1.88. The average Bonchev–Trinajstić information content (AvgIpc) is 1.83. The Bertz CT molecular complexity index is 105. The lowest BCUT2D eigenvalue weighted by molar-refractivity contribution is -0.136. The van der Waals surface area contributed by atoms with E-state index in [9.17, 15) is 4.79 Å². The minimum Gasteiger partial charge on any atom is -0.458 e. The van der Waals surface area contributed by atoms with Gasteiger partial charge in [0, 0.05) is 6.08 Å². The summed E-state index contributed by atoms with van der Waals surface area (Å²) in [5.74, 6) is -0.523. The van der Waals surface area contributed by atoms with Crippen LogP contribution in [0.5, 0.6) is 0 Å². The van der Waals surface area contributed by atoms with Gasteiger partial charge in [0.15, 0.2) is 0 Å². The van der Waals surface area contributed by atoms with E-state index in [0.29, 0.717) is 0 Å². The van der Waals surface area contributed by atoms with E-state index in [1.54, 1.807) is 0 Å². The molecule has 0 unspecified atom stereocenters. The smallest absolute Gasteiger partial charge is 0.331 e. The zero-order valence-corrected chi connectivity index (χ0v) is 4.46. The highest BCUT2D eigenvalue weighted by Crippen LogP contribution is 1.76. The first-order valence-corrected chi connectivity index (χ1v) is 2.14. The summed E-state index contributed by atoms with van der Waals surface area (Å²) in [6.07, 6.45) is 2.34. The van der Waals surface area contributed by atoms with Crippen molar-refractivity contribution in [3.63, 3.8) is 0 Å². The van der Waals surface area contributed by atoms with Crippen molar-refractivity contribution in [3.8, 4) is 0 Å². The van der Waals surface area contributed by atoms with E-state index >= 15 is 0 Å². The zero-order chi connectivity index (χ0) is 6.41. The Balaban J connectivity index is 3.24. The standard InChI is InChI=1S/C6H7O2/c1-3-5-8-6(7)4-2/h2-4H,1,5H2. The van der Waals surface area contributed by atoms with Crippen LogP contribution in [0.2, 0.25) is 0 Å². The van der Waals surface area contributed by atoms with Crippen LogP contribution < -0.4 is 0 Å². The van der Waals surface area contributed by atoms with E-state index in [0.717, 1.165) is 6.08 Å². The highest BCUT2D eigenvalue weighted by atomic mass is 16.5. The summed E-state index contributed by atoms with van der Waals surface area (Å²) in [5, 5.41) is 0. The van der Waals surface area contributed by atoms with Crippen molar-refractivity contribution >= 4 is 5.97 Å². The van der Waals surface area contributed by atoms with Gasteiger partial charge >= 0.3 is 5.97 Å². The lowest BCUT2D eigenvalue weighted by atomic mass is 10.6. The predicted octanol–water partition coefficient (Wildman–Crippen LogP) is 0.705. The van der Waals surface area contributed by atoms with Crippen LogP contribution in [0.3, 0.4) is 0 Å². The van der Waals surface area contributed by atoms with Gasteiger partial charge in [-0.05, 0) is 0 Å². The predicted molar refractivity (Wildman–Crippen MR) is 30.0 cm³/mol. The Morgan fingerprint density at radius 1 is 1.88 bits per heavy atom. The molecule has 0 N–H and O–H groups in total. The highest BCUT2D eigenvalue weighted by molar-refractivity contribution is 5.80. The summed E-state index contributed by atoms with van der Waals surface area (Å²) in [6, 6.07) is 0. The van der Waals surface area contributed by atoms with Crippen LogP contribution in [0.15, 0.2) is 18.7 Å². The van der Waals surface area contributed by atoms with Crippen molar-refractivity contribution in [2.75, 3.05) is 6.61 Å². The number of carbonyl (C=O) groups is 1. The summed E-state index contributed by atoms with van der Waals surface area (Å²) >= 11 is 0. The Labute approximate surface area is 48.5 Å². The van der Waals surface area contributed by atoms with Crippen LogP contribution in [-0.4, -0.2) is 12.6 Å². The molecule has 0 spiro atoms. The second-order valence-corrected chi connectivity index (χ2v) is 1.09. The average molecular weight is 111 g/mol. The largest absolute Gasteiger partial charge is 0.458 e. The van der Waals surface area contributed by atoms with E-state index in [1.807, 2.05) is 0 Å². The molecule has 0 bridgehead atoms. The second-order valence-electron chi connectivity index (χ2n) is 1.09. The van der Waals surface area contributed by atoms with E-state index in [1.165, 1.54) is 6.08 Å². The molecule has 2 nitrogen and oxygen atoms in total. The van der Waals surface area contributed by atoms with Gasteiger partial charge in [-0.25, -0.2) is 4.79 Å². The van der Waals surface area contributed by atoms with E-state index in [4.69, 9.17) is 6.58 Å². The Kier molecular flexibility index (Phi) is 3.58.